The van der Waals surface area contributed by atoms with Gasteiger partial charge < -0.3 is 0 Å². The van der Waals surface area contributed by atoms with Crippen molar-refractivity contribution in [2.75, 3.05) is 0 Å². The van der Waals surface area contributed by atoms with Gasteiger partial charge in [-0.1, -0.05) is 60.4 Å². The highest BCUT2D eigenvalue weighted by Gasteiger charge is 2.16. The minimum absolute atomic E-state index is 0.0420. The Hall–Kier alpha value is -1.82. The molecule has 0 heteroatoms. The Morgan fingerprint density at radius 1 is 0.647 bits per heavy atom. The van der Waals surface area contributed by atoms with Gasteiger partial charge in [0, 0.05) is 0 Å². The van der Waals surface area contributed by atoms with Crippen LogP contribution in [0.15, 0.2) is 60.4 Å². The molecule has 17 heavy (non-hydrogen) atoms. The predicted octanol–water partition coefficient (Wildman–Crippen LogP) is 4.78. The molecule has 3 rings (SSSR count). The maximum atomic E-state index is 8.17. The van der Waals surface area contributed by atoms with Crippen molar-refractivity contribution in [1.29, 1.82) is 0 Å². The molecule has 0 radical (unpaired) electrons. The fourth-order valence-electron chi connectivity index (χ4n) is 2.10. The van der Waals surface area contributed by atoms with E-state index in [2.05, 4.69) is 0 Å². The van der Waals surface area contributed by atoms with Gasteiger partial charge >= 0.3 is 0 Å². The fraction of sp³-hybridized carbons (Fsp3) is 0.176. The van der Waals surface area contributed by atoms with Crippen molar-refractivity contribution in [3.8, 4) is 0 Å². The van der Waals surface area contributed by atoms with Gasteiger partial charge in [0.1, 0.15) is 0 Å². The Balaban J connectivity index is 2.39. The van der Waals surface area contributed by atoms with Gasteiger partial charge in [-0.15, -0.1) is 0 Å². The van der Waals surface area contributed by atoms with Crippen LogP contribution in [0, 0.1) is 0 Å². The molecular formula is C17H16. The highest BCUT2D eigenvalue weighted by atomic mass is 14.2. The molecule has 1 aliphatic carbocycles. The Bertz CT molecular complexity index is 868. The van der Waals surface area contributed by atoms with E-state index in [4.69, 9.17) is 13.7 Å². The van der Waals surface area contributed by atoms with Crippen molar-refractivity contribution < 1.29 is 13.7 Å². The Labute approximate surface area is 117 Å². The smallest absolute Gasteiger partial charge is 0.0622 e. The van der Waals surface area contributed by atoms with Crippen molar-refractivity contribution in [1.82, 2.24) is 0 Å². The quantitative estimate of drug-likeness (QED) is 0.696. The van der Waals surface area contributed by atoms with Gasteiger partial charge in [0.15, 0.2) is 0 Å². The monoisotopic (exact) mass is 230 g/mol. The molecule has 0 amide bonds. The van der Waals surface area contributed by atoms with Crippen molar-refractivity contribution in [2.45, 2.75) is 19.3 Å². The average Bonchev–Trinajstić information content (AvgIpc) is 3.10. The topological polar surface area (TPSA) is 0 Å². The summed E-state index contributed by atoms with van der Waals surface area (Å²) >= 11 is 0. The number of benzene rings is 2. The molecule has 0 atom stereocenters. The maximum Gasteiger partial charge on any atom is 0.0629 e. The summed E-state index contributed by atoms with van der Waals surface area (Å²) in [5, 5.41) is 0. The summed E-state index contributed by atoms with van der Waals surface area (Å²) in [6.45, 7) is 0. The standard InChI is InChI=1S/C17H16/c1-3-8-14(9-4-1)16-12-7-13-17(16)15-10-5-2-6-11-15/h1-6,8-11H,7,12-13H2/i1D,2D,3D,4D,5D,6D,8D,9D,10D,11D. The lowest BCUT2D eigenvalue weighted by Crippen LogP contribution is -1.85. The first-order valence-electron chi connectivity index (χ1n) is 10.5. The first kappa shape index (κ1) is 4.13. The van der Waals surface area contributed by atoms with E-state index in [-0.39, 0.29) is 35.3 Å². The van der Waals surface area contributed by atoms with E-state index in [0.717, 1.165) is 0 Å². The summed E-state index contributed by atoms with van der Waals surface area (Å²) in [6, 6.07) is -4.17. The van der Waals surface area contributed by atoms with Gasteiger partial charge in [0.05, 0.1) is 13.7 Å². The molecule has 0 aromatic heterocycles. The molecule has 0 heterocycles. The average molecular weight is 230 g/mol. The largest absolute Gasteiger partial charge is 0.0629 e. The first-order chi connectivity index (χ1) is 12.6. The van der Waals surface area contributed by atoms with Gasteiger partial charge in [0.2, 0.25) is 0 Å². The second-order valence-electron chi connectivity index (χ2n) is 3.81. The highest BCUT2D eigenvalue weighted by Crippen LogP contribution is 2.39. The first-order valence-corrected chi connectivity index (χ1v) is 5.46. The van der Waals surface area contributed by atoms with Crippen molar-refractivity contribution >= 4 is 11.1 Å². The third-order valence-corrected chi connectivity index (χ3v) is 2.82. The number of allylic oxidation sites excluding steroid dienone is 2. The van der Waals surface area contributed by atoms with Crippen LogP contribution in [0.5, 0.6) is 0 Å². The Morgan fingerprint density at radius 2 is 1.06 bits per heavy atom. The zero-order valence-corrected chi connectivity index (χ0v) is 9.12. The van der Waals surface area contributed by atoms with Crippen LogP contribution in [0.4, 0.5) is 0 Å². The molecule has 2 aromatic carbocycles. The molecule has 0 nitrogen and oxygen atoms in total. The lowest BCUT2D eigenvalue weighted by Gasteiger charge is -2.08. The molecule has 0 spiro atoms. The van der Waals surface area contributed by atoms with Crippen LogP contribution in [0.25, 0.3) is 11.1 Å². The zero-order chi connectivity index (χ0) is 20.2. The summed E-state index contributed by atoms with van der Waals surface area (Å²) in [5.41, 5.74) is 0.983. The fourth-order valence-corrected chi connectivity index (χ4v) is 2.10. The summed E-state index contributed by atoms with van der Waals surface area (Å²) in [5.74, 6) is 0. The van der Waals surface area contributed by atoms with Gasteiger partial charge in [-0.05, 0) is 41.5 Å². The van der Waals surface area contributed by atoms with Crippen molar-refractivity contribution in [3.63, 3.8) is 0 Å². The third kappa shape index (κ3) is 2.03. The van der Waals surface area contributed by atoms with Crippen LogP contribution >= 0.6 is 0 Å². The van der Waals surface area contributed by atoms with E-state index in [1.54, 1.807) is 0 Å². The van der Waals surface area contributed by atoms with E-state index in [1.165, 1.54) is 0 Å². The zero-order valence-electron chi connectivity index (χ0n) is 19.1. The number of rotatable bonds is 2. The molecule has 0 unspecified atom stereocenters. The predicted molar refractivity (Wildman–Crippen MR) is 73.5 cm³/mol. The highest BCUT2D eigenvalue weighted by molar-refractivity contribution is 5.92. The number of hydrogen-bond donors (Lipinski definition) is 0. The molecule has 0 fully saturated rings. The van der Waals surface area contributed by atoms with Gasteiger partial charge in [-0.25, -0.2) is 0 Å². The van der Waals surface area contributed by atoms with Crippen LogP contribution in [0.1, 0.15) is 44.1 Å². The Morgan fingerprint density at radius 3 is 1.47 bits per heavy atom. The summed E-state index contributed by atoms with van der Waals surface area (Å²) in [7, 11) is 0. The molecule has 0 bridgehead atoms. The summed E-state index contributed by atoms with van der Waals surface area (Å²) < 4.78 is 79.6. The third-order valence-electron chi connectivity index (χ3n) is 2.82. The van der Waals surface area contributed by atoms with E-state index < -0.39 is 36.3 Å². The molecule has 0 aliphatic heterocycles. The summed E-state index contributed by atoms with van der Waals surface area (Å²) in [6.07, 6.45) is 1.42. The van der Waals surface area contributed by atoms with Crippen molar-refractivity contribution in [2.24, 2.45) is 0 Å². The molecule has 1 aliphatic rings. The maximum absolute atomic E-state index is 8.17. The van der Waals surface area contributed by atoms with Crippen LogP contribution in [0.2, 0.25) is 0 Å². The van der Waals surface area contributed by atoms with Crippen LogP contribution in [-0.2, 0) is 0 Å². The van der Waals surface area contributed by atoms with Crippen LogP contribution in [-0.4, -0.2) is 0 Å². The lowest BCUT2D eigenvalue weighted by molar-refractivity contribution is 0.942. The minimum atomic E-state index is -0.489. The van der Waals surface area contributed by atoms with Gasteiger partial charge in [-0.3, -0.25) is 0 Å². The minimum Gasteiger partial charge on any atom is -0.0622 e. The van der Waals surface area contributed by atoms with Crippen LogP contribution < -0.4 is 0 Å². The molecular weight excluding hydrogens is 204 g/mol. The molecule has 0 saturated carbocycles. The molecule has 2 aromatic rings. The Kier molecular flexibility index (Phi) is 1.11. The molecule has 0 saturated heterocycles. The van der Waals surface area contributed by atoms with E-state index in [0.29, 0.717) is 30.4 Å². The SMILES string of the molecule is [2H]c1c([2H])c([2H])c(C2=C(c3c([2H])c([2H])c([2H])c([2H])c3[2H])CCC2)c([2H])c1[2H]. The number of hydrogen-bond acceptors (Lipinski definition) is 0. The van der Waals surface area contributed by atoms with Gasteiger partial charge in [0.25, 0.3) is 0 Å². The second-order valence-corrected chi connectivity index (χ2v) is 3.81. The second kappa shape index (κ2) is 4.58. The van der Waals surface area contributed by atoms with E-state index in [1.807, 2.05) is 0 Å². The lowest BCUT2D eigenvalue weighted by atomic mass is 9.97. The van der Waals surface area contributed by atoms with Crippen molar-refractivity contribution in [3.05, 3.63) is 71.6 Å². The van der Waals surface area contributed by atoms with Gasteiger partial charge in [-0.2, -0.15) is 0 Å². The summed E-state index contributed by atoms with van der Waals surface area (Å²) in [4.78, 5) is 0. The van der Waals surface area contributed by atoms with Crippen LogP contribution in [0.3, 0.4) is 0 Å². The molecule has 84 valence electrons. The van der Waals surface area contributed by atoms with E-state index >= 15 is 0 Å². The van der Waals surface area contributed by atoms with E-state index in [9.17, 15) is 0 Å². The normalized spacial score (nSPS) is 23.5. The molecule has 0 N–H and O–H groups in total.